The Morgan fingerprint density at radius 2 is 1.92 bits per heavy atom. The predicted molar refractivity (Wildman–Crippen MR) is 116 cm³/mol. The molecule has 2 saturated heterocycles. The summed E-state index contributed by atoms with van der Waals surface area (Å²) in [5.74, 6) is 1.56. The van der Waals surface area contributed by atoms with Crippen molar-refractivity contribution < 1.29 is 4.74 Å². The summed E-state index contributed by atoms with van der Waals surface area (Å²) in [6, 6.07) is 1.07. The van der Waals surface area contributed by atoms with Gasteiger partial charge in [-0.05, 0) is 46.7 Å². The van der Waals surface area contributed by atoms with Crippen LogP contribution >= 0.6 is 24.0 Å². The zero-order chi connectivity index (χ0) is 17.7. The third-order valence-electron chi connectivity index (χ3n) is 5.87. The third kappa shape index (κ3) is 5.94. The summed E-state index contributed by atoms with van der Waals surface area (Å²) in [5, 5.41) is 7.22. The summed E-state index contributed by atoms with van der Waals surface area (Å²) in [4.78, 5) is 9.34. The van der Waals surface area contributed by atoms with Crippen molar-refractivity contribution in [2.75, 3.05) is 54.0 Å². The van der Waals surface area contributed by atoms with Gasteiger partial charge in [0.25, 0.3) is 0 Å². The normalized spacial score (nSPS) is 27.4. The molecule has 148 valence electrons. The predicted octanol–water partition coefficient (Wildman–Crippen LogP) is 1.61. The molecule has 6 nitrogen and oxygen atoms in total. The Hall–Kier alpha value is -0.120. The van der Waals surface area contributed by atoms with E-state index in [4.69, 9.17) is 4.74 Å². The maximum atomic E-state index is 5.56. The number of nitrogens with one attached hydrogen (secondary N) is 2. The van der Waals surface area contributed by atoms with E-state index in [0.717, 1.165) is 51.6 Å². The fraction of sp³-hybridized carbons (Fsp3) is 0.944. The third-order valence-corrected chi connectivity index (χ3v) is 5.87. The largest absolute Gasteiger partial charge is 0.381 e. The van der Waals surface area contributed by atoms with Crippen LogP contribution in [-0.2, 0) is 4.74 Å². The zero-order valence-corrected chi connectivity index (χ0v) is 19.2. The van der Waals surface area contributed by atoms with Crippen LogP contribution < -0.4 is 10.6 Å². The zero-order valence-electron chi connectivity index (χ0n) is 16.8. The fourth-order valence-electron chi connectivity index (χ4n) is 3.77. The molecule has 0 spiro atoms. The van der Waals surface area contributed by atoms with Gasteiger partial charge in [-0.1, -0.05) is 6.92 Å². The smallest absolute Gasteiger partial charge is 0.191 e. The van der Waals surface area contributed by atoms with Crippen LogP contribution in [-0.4, -0.2) is 87.4 Å². The minimum absolute atomic E-state index is 0. The summed E-state index contributed by atoms with van der Waals surface area (Å²) in [6.45, 7) is 11.7. The Morgan fingerprint density at radius 1 is 1.28 bits per heavy atom. The molecule has 2 atom stereocenters. The van der Waals surface area contributed by atoms with Gasteiger partial charge in [-0.25, -0.2) is 0 Å². The molecule has 25 heavy (non-hydrogen) atoms. The van der Waals surface area contributed by atoms with Crippen LogP contribution in [0.4, 0.5) is 0 Å². The van der Waals surface area contributed by atoms with Crippen molar-refractivity contribution in [3.05, 3.63) is 0 Å². The molecule has 2 aliphatic rings. The number of likely N-dealkylation sites (N-methyl/N-ethyl adjacent to an activating group) is 1. The molecule has 0 bridgehead atoms. The van der Waals surface area contributed by atoms with E-state index in [-0.39, 0.29) is 29.5 Å². The van der Waals surface area contributed by atoms with Crippen LogP contribution in [0.3, 0.4) is 0 Å². The summed E-state index contributed by atoms with van der Waals surface area (Å²) >= 11 is 0. The lowest BCUT2D eigenvalue weighted by Gasteiger charge is -2.43. The van der Waals surface area contributed by atoms with Crippen molar-refractivity contribution >= 4 is 29.9 Å². The molecule has 2 fully saturated rings. The van der Waals surface area contributed by atoms with Crippen molar-refractivity contribution in [1.29, 1.82) is 0 Å². The highest BCUT2D eigenvalue weighted by molar-refractivity contribution is 14.0. The van der Waals surface area contributed by atoms with Gasteiger partial charge >= 0.3 is 0 Å². The molecular weight excluding hydrogens is 429 g/mol. The second-order valence-corrected chi connectivity index (χ2v) is 7.93. The van der Waals surface area contributed by atoms with Crippen molar-refractivity contribution in [2.45, 2.75) is 51.2 Å². The van der Waals surface area contributed by atoms with Gasteiger partial charge in [0, 0.05) is 57.5 Å². The van der Waals surface area contributed by atoms with Gasteiger partial charge in [-0.3, -0.25) is 9.89 Å². The standard InChI is InChI=1S/C18H37N5O.HI/c1-14(2)23-11-15(3)16(12-23)21-17(19-4)20-13-18(22(5)6)7-9-24-10-8-18;/h14-16H,7-13H2,1-6H3,(H2,19,20,21);1H. The lowest BCUT2D eigenvalue weighted by molar-refractivity contribution is -0.00503. The number of aliphatic imine (C=N–C) groups is 1. The van der Waals surface area contributed by atoms with E-state index in [1.165, 1.54) is 0 Å². The van der Waals surface area contributed by atoms with Crippen molar-refractivity contribution in [2.24, 2.45) is 10.9 Å². The van der Waals surface area contributed by atoms with Crippen LogP contribution in [0.15, 0.2) is 4.99 Å². The van der Waals surface area contributed by atoms with E-state index in [1.54, 1.807) is 0 Å². The minimum Gasteiger partial charge on any atom is -0.381 e. The van der Waals surface area contributed by atoms with Crippen LogP contribution in [0.5, 0.6) is 0 Å². The van der Waals surface area contributed by atoms with Gasteiger partial charge in [0.1, 0.15) is 0 Å². The first-order valence-electron chi connectivity index (χ1n) is 9.34. The molecule has 0 amide bonds. The van der Waals surface area contributed by atoms with Gasteiger partial charge < -0.3 is 20.3 Å². The molecule has 2 N–H and O–H groups in total. The molecule has 0 aromatic heterocycles. The SMILES string of the molecule is CN=C(NCC1(N(C)C)CCOCC1)NC1CN(C(C)C)CC1C.I. The number of guanidine groups is 1. The molecule has 7 heteroatoms. The summed E-state index contributed by atoms with van der Waals surface area (Å²) in [5.41, 5.74) is 0.154. The first-order valence-corrected chi connectivity index (χ1v) is 9.34. The number of likely N-dealkylation sites (tertiary alicyclic amines) is 1. The average molecular weight is 467 g/mol. The first kappa shape index (κ1) is 22.9. The van der Waals surface area contributed by atoms with Gasteiger partial charge in [-0.2, -0.15) is 0 Å². The van der Waals surface area contributed by atoms with Crippen molar-refractivity contribution in [3.63, 3.8) is 0 Å². The van der Waals surface area contributed by atoms with Crippen molar-refractivity contribution in [3.8, 4) is 0 Å². The van der Waals surface area contributed by atoms with Gasteiger partial charge in [-0.15, -0.1) is 24.0 Å². The quantitative estimate of drug-likeness (QED) is 0.366. The van der Waals surface area contributed by atoms with Gasteiger partial charge in [0.05, 0.1) is 0 Å². The number of ether oxygens (including phenoxy) is 1. The molecule has 2 unspecified atom stereocenters. The Bertz CT molecular complexity index is 424. The number of halogens is 1. The highest BCUT2D eigenvalue weighted by atomic mass is 127. The Morgan fingerprint density at radius 3 is 2.40 bits per heavy atom. The minimum atomic E-state index is 0. The van der Waals surface area contributed by atoms with Crippen LogP contribution in [0.25, 0.3) is 0 Å². The molecule has 0 radical (unpaired) electrons. The number of hydrogen-bond donors (Lipinski definition) is 2. The maximum Gasteiger partial charge on any atom is 0.191 e. The lowest BCUT2D eigenvalue weighted by Crippen LogP contribution is -2.58. The van der Waals surface area contributed by atoms with Gasteiger partial charge in [0.15, 0.2) is 5.96 Å². The van der Waals surface area contributed by atoms with E-state index in [1.807, 2.05) is 7.05 Å². The van der Waals surface area contributed by atoms with E-state index >= 15 is 0 Å². The van der Waals surface area contributed by atoms with E-state index in [2.05, 4.69) is 60.3 Å². The van der Waals surface area contributed by atoms with E-state index < -0.39 is 0 Å². The van der Waals surface area contributed by atoms with Crippen LogP contribution in [0.2, 0.25) is 0 Å². The van der Waals surface area contributed by atoms with Crippen molar-refractivity contribution in [1.82, 2.24) is 20.4 Å². The summed E-state index contributed by atoms with van der Waals surface area (Å²) < 4.78 is 5.56. The maximum absolute atomic E-state index is 5.56. The molecule has 0 aliphatic carbocycles. The molecule has 2 aliphatic heterocycles. The molecule has 0 aromatic rings. The Labute approximate surface area is 171 Å². The second-order valence-electron chi connectivity index (χ2n) is 7.93. The first-order chi connectivity index (χ1) is 11.4. The molecule has 2 rings (SSSR count). The monoisotopic (exact) mass is 467 g/mol. The molecule has 2 heterocycles. The molecule has 0 aromatic carbocycles. The Kier molecular flexibility index (Phi) is 9.42. The number of nitrogens with zero attached hydrogens (tertiary/aromatic N) is 3. The topological polar surface area (TPSA) is 52.1 Å². The highest BCUT2D eigenvalue weighted by Gasteiger charge is 2.36. The summed E-state index contributed by atoms with van der Waals surface area (Å²) in [6.07, 6.45) is 2.12. The average Bonchev–Trinajstić information content (AvgIpc) is 2.93. The van der Waals surface area contributed by atoms with Crippen LogP contribution in [0, 0.1) is 5.92 Å². The lowest BCUT2D eigenvalue weighted by atomic mass is 9.88. The van der Waals surface area contributed by atoms with E-state index in [0.29, 0.717) is 18.0 Å². The number of hydrogen-bond acceptors (Lipinski definition) is 4. The van der Waals surface area contributed by atoms with E-state index in [9.17, 15) is 0 Å². The molecule has 0 saturated carbocycles. The molecular formula is C18H38IN5O. The number of rotatable bonds is 5. The fourth-order valence-corrected chi connectivity index (χ4v) is 3.77. The second kappa shape index (κ2) is 10.3. The Balaban J connectivity index is 0.00000312. The van der Waals surface area contributed by atoms with Gasteiger partial charge in [0.2, 0.25) is 0 Å². The van der Waals surface area contributed by atoms with Crippen LogP contribution in [0.1, 0.15) is 33.6 Å². The summed E-state index contributed by atoms with van der Waals surface area (Å²) in [7, 11) is 6.20. The highest BCUT2D eigenvalue weighted by Crippen LogP contribution is 2.25.